The summed E-state index contributed by atoms with van der Waals surface area (Å²) in [6.07, 6.45) is 5.37. The summed E-state index contributed by atoms with van der Waals surface area (Å²) in [7, 11) is 0. The molecule has 1 N–H and O–H groups in total. The summed E-state index contributed by atoms with van der Waals surface area (Å²) in [6.45, 7) is 3.65. The SMILES string of the molecule is Cc1cccc(CN(C(=O)COc2ccccc2F)C(C)C(=O)NC2CCCCC2)c1. The van der Waals surface area contributed by atoms with Gasteiger partial charge in [-0.3, -0.25) is 9.59 Å². The van der Waals surface area contributed by atoms with E-state index in [0.717, 1.165) is 36.8 Å². The summed E-state index contributed by atoms with van der Waals surface area (Å²) in [4.78, 5) is 27.5. The number of nitrogens with one attached hydrogen (secondary N) is 1. The number of halogens is 1. The van der Waals surface area contributed by atoms with Crippen LogP contribution in [0.15, 0.2) is 48.5 Å². The summed E-state index contributed by atoms with van der Waals surface area (Å²) in [5.41, 5.74) is 2.00. The standard InChI is InChI=1S/C25H31FN2O3/c1-18-9-8-10-20(15-18)16-28(19(2)25(30)27-21-11-4-3-5-12-21)24(29)17-31-23-14-7-6-13-22(23)26/h6-10,13-15,19,21H,3-5,11-12,16-17H2,1-2H3,(H,27,30). The average Bonchev–Trinajstić information content (AvgIpc) is 2.77. The van der Waals surface area contributed by atoms with Crippen LogP contribution in [0.3, 0.4) is 0 Å². The molecule has 3 rings (SSSR count). The van der Waals surface area contributed by atoms with Crippen molar-refractivity contribution in [1.29, 1.82) is 0 Å². The van der Waals surface area contributed by atoms with Crippen LogP contribution in [-0.2, 0) is 16.1 Å². The Morgan fingerprint density at radius 3 is 2.58 bits per heavy atom. The second-order valence-electron chi connectivity index (χ2n) is 8.25. The van der Waals surface area contributed by atoms with Crippen LogP contribution >= 0.6 is 0 Å². The minimum absolute atomic E-state index is 0.0191. The molecule has 31 heavy (non-hydrogen) atoms. The van der Waals surface area contributed by atoms with Gasteiger partial charge in [0.15, 0.2) is 18.2 Å². The third kappa shape index (κ3) is 6.54. The zero-order chi connectivity index (χ0) is 22.2. The predicted molar refractivity (Wildman–Crippen MR) is 118 cm³/mol. The number of hydrogen-bond donors (Lipinski definition) is 1. The average molecular weight is 427 g/mol. The summed E-state index contributed by atoms with van der Waals surface area (Å²) in [6, 6.07) is 13.3. The molecule has 0 radical (unpaired) electrons. The van der Waals surface area contributed by atoms with Crippen LogP contribution in [0.5, 0.6) is 5.75 Å². The number of hydrogen-bond acceptors (Lipinski definition) is 3. The van der Waals surface area contributed by atoms with Crippen molar-refractivity contribution in [2.75, 3.05) is 6.61 Å². The fraction of sp³-hybridized carbons (Fsp3) is 0.440. The number of amides is 2. The molecule has 1 fully saturated rings. The van der Waals surface area contributed by atoms with E-state index in [2.05, 4.69) is 5.32 Å². The normalized spacial score (nSPS) is 15.2. The number of para-hydroxylation sites is 1. The van der Waals surface area contributed by atoms with Gasteiger partial charge >= 0.3 is 0 Å². The molecule has 5 nitrogen and oxygen atoms in total. The van der Waals surface area contributed by atoms with Gasteiger partial charge in [-0.15, -0.1) is 0 Å². The summed E-state index contributed by atoms with van der Waals surface area (Å²) < 4.78 is 19.3. The van der Waals surface area contributed by atoms with Gasteiger partial charge in [0, 0.05) is 12.6 Å². The molecule has 2 aromatic rings. The van der Waals surface area contributed by atoms with E-state index in [1.807, 2.05) is 31.2 Å². The number of ether oxygens (including phenoxy) is 1. The maximum atomic E-state index is 13.9. The Labute approximate surface area is 183 Å². The third-order valence-electron chi connectivity index (χ3n) is 5.74. The van der Waals surface area contributed by atoms with Crippen LogP contribution in [0.2, 0.25) is 0 Å². The highest BCUT2D eigenvalue weighted by atomic mass is 19.1. The van der Waals surface area contributed by atoms with E-state index in [4.69, 9.17) is 4.74 Å². The number of nitrogens with zero attached hydrogens (tertiary/aromatic N) is 1. The molecule has 1 aliphatic rings. The zero-order valence-electron chi connectivity index (χ0n) is 18.3. The lowest BCUT2D eigenvalue weighted by atomic mass is 9.95. The molecule has 1 aliphatic carbocycles. The highest BCUT2D eigenvalue weighted by Crippen LogP contribution is 2.19. The van der Waals surface area contributed by atoms with Crippen molar-refractivity contribution in [3.05, 3.63) is 65.5 Å². The van der Waals surface area contributed by atoms with Crippen LogP contribution in [0, 0.1) is 12.7 Å². The molecule has 1 unspecified atom stereocenters. The first-order valence-electron chi connectivity index (χ1n) is 11.0. The van der Waals surface area contributed by atoms with Crippen molar-refractivity contribution >= 4 is 11.8 Å². The van der Waals surface area contributed by atoms with Crippen molar-refractivity contribution in [2.45, 2.75) is 64.6 Å². The van der Waals surface area contributed by atoms with Gasteiger partial charge in [-0.05, 0) is 44.4 Å². The van der Waals surface area contributed by atoms with Gasteiger partial charge in [-0.2, -0.15) is 0 Å². The molecule has 1 atom stereocenters. The molecule has 6 heteroatoms. The summed E-state index contributed by atoms with van der Waals surface area (Å²) >= 11 is 0. The molecule has 166 valence electrons. The molecule has 1 saturated carbocycles. The highest BCUT2D eigenvalue weighted by molar-refractivity contribution is 5.88. The second-order valence-corrected chi connectivity index (χ2v) is 8.25. The van der Waals surface area contributed by atoms with Crippen LogP contribution in [0.25, 0.3) is 0 Å². The topological polar surface area (TPSA) is 58.6 Å². The van der Waals surface area contributed by atoms with Crippen LogP contribution in [0.4, 0.5) is 4.39 Å². The van der Waals surface area contributed by atoms with Crippen molar-refractivity contribution in [1.82, 2.24) is 10.2 Å². The van der Waals surface area contributed by atoms with Crippen LogP contribution < -0.4 is 10.1 Å². The lowest BCUT2D eigenvalue weighted by molar-refractivity contribution is -0.142. The monoisotopic (exact) mass is 426 g/mol. The van der Waals surface area contributed by atoms with E-state index < -0.39 is 11.9 Å². The number of benzene rings is 2. The van der Waals surface area contributed by atoms with Gasteiger partial charge in [-0.1, -0.05) is 61.2 Å². The number of rotatable bonds is 8. The van der Waals surface area contributed by atoms with Gasteiger partial charge in [0.2, 0.25) is 5.91 Å². The first-order valence-corrected chi connectivity index (χ1v) is 11.0. The first-order chi connectivity index (χ1) is 14.9. The zero-order valence-corrected chi connectivity index (χ0v) is 18.3. The lowest BCUT2D eigenvalue weighted by Crippen LogP contribution is -2.51. The summed E-state index contributed by atoms with van der Waals surface area (Å²) in [5.74, 6) is -1.04. The lowest BCUT2D eigenvalue weighted by Gasteiger charge is -2.31. The van der Waals surface area contributed by atoms with Gasteiger partial charge in [0.1, 0.15) is 6.04 Å². The van der Waals surface area contributed by atoms with Gasteiger partial charge < -0.3 is 15.0 Å². The Morgan fingerprint density at radius 1 is 1.13 bits per heavy atom. The van der Waals surface area contributed by atoms with E-state index in [0.29, 0.717) is 0 Å². The number of aryl methyl sites for hydroxylation is 1. The molecule has 0 heterocycles. The molecular weight excluding hydrogens is 395 g/mol. The molecule has 2 aromatic carbocycles. The van der Waals surface area contributed by atoms with Gasteiger partial charge in [0.25, 0.3) is 5.91 Å². The molecule has 0 saturated heterocycles. The smallest absolute Gasteiger partial charge is 0.261 e. The largest absolute Gasteiger partial charge is 0.481 e. The third-order valence-corrected chi connectivity index (χ3v) is 5.74. The van der Waals surface area contributed by atoms with Crippen molar-refractivity contribution < 1.29 is 18.7 Å². The quantitative estimate of drug-likeness (QED) is 0.682. The van der Waals surface area contributed by atoms with E-state index in [9.17, 15) is 14.0 Å². The van der Waals surface area contributed by atoms with Crippen LogP contribution in [-0.4, -0.2) is 35.4 Å². The predicted octanol–water partition coefficient (Wildman–Crippen LogP) is 4.38. The Hall–Kier alpha value is -2.89. The van der Waals surface area contributed by atoms with E-state index in [-0.39, 0.29) is 36.8 Å². The molecule has 0 bridgehead atoms. The van der Waals surface area contributed by atoms with Crippen molar-refractivity contribution in [3.63, 3.8) is 0 Å². The van der Waals surface area contributed by atoms with Crippen LogP contribution in [0.1, 0.15) is 50.2 Å². The summed E-state index contributed by atoms with van der Waals surface area (Å²) in [5, 5.41) is 3.10. The fourth-order valence-electron chi connectivity index (χ4n) is 3.94. The van der Waals surface area contributed by atoms with Crippen molar-refractivity contribution in [3.8, 4) is 5.75 Å². The second kappa shape index (κ2) is 10.9. The maximum absolute atomic E-state index is 13.9. The molecule has 0 aromatic heterocycles. The minimum Gasteiger partial charge on any atom is -0.481 e. The molecule has 0 spiro atoms. The molecule has 0 aliphatic heterocycles. The maximum Gasteiger partial charge on any atom is 0.261 e. The number of carbonyl (C=O) groups is 2. The van der Waals surface area contributed by atoms with E-state index >= 15 is 0 Å². The first kappa shape index (κ1) is 22.8. The fourth-order valence-corrected chi connectivity index (χ4v) is 3.94. The molecule has 2 amide bonds. The van der Waals surface area contributed by atoms with Gasteiger partial charge in [-0.25, -0.2) is 4.39 Å². The number of carbonyl (C=O) groups excluding carboxylic acids is 2. The van der Waals surface area contributed by atoms with Gasteiger partial charge in [0.05, 0.1) is 0 Å². The van der Waals surface area contributed by atoms with E-state index in [1.165, 1.54) is 23.5 Å². The van der Waals surface area contributed by atoms with E-state index in [1.54, 1.807) is 19.1 Å². The Kier molecular flexibility index (Phi) is 8.04. The Bertz CT molecular complexity index is 896. The highest BCUT2D eigenvalue weighted by Gasteiger charge is 2.28. The minimum atomic E-state index is -0.667. The Balaban J connectivity index is 1.71. The Morgan fingerprint density at radius 2 is 1.87 bits per heavy atom. The molecular formula is C25H31FN2O3. The van der Waals surface area contributed by atoms with Crippen molar-refractivity contribution in [2.24, 2.45) is 0 Å².